The Morgan fingerprint density at radius 1 is 1.35 bits per heavy atom. The molecule has 1 atom stereocenters. The molecular formula is C14H19BrClNO2S. The molecule has 1 aromatic rings. The van der Waals surface area contributed by atoms with Gasteiger partial charge in [0.15, 0.2) is 0 Å². The predicted octanol–water partition coefficient (Wildman–Crippen LogP) is 4.35. The molecule has 112 valence electrons. The van der Waals surface area contributed by atoms with E-state index in [2.05, 4.69) is 34.5 Å². The minimum Gasteiger partial charge on any atom is -0.208 e. The van der Waals surface area contributed by atoms with Gasteiger partial charge in [-0.15, -0.1) is 0 Å². The summed E-state index contributed by atoms with van der Waals surface area (Å²) in [5.41, 5.74) is -0.00498. The molecule has 1 saturated carbocycles. The fraction of sp³-hybridized carbons (Fsp3) is 0.571. The zero-order chi connectivity index (χ0) is 15.0. The summed E-state index contributed by atoms with van der Waals surface area (Å²) in [5, 5.41) is 0.502. The Bertz CT molecular complexity index is 601. The molecule has 0 radical (unpaired) electrons. The molecule has 6 heteroatoms. The lowest BCUT2D eigenvalue weighted by atomic mass is 9.74. The van der Waals surface area contributed by atoms with Gasteiger partial charge in [0.25, 0.3) is 0 Å². The molecule has 0 saturated heterocycles. The first-order valence-corrected chi connectivity index (χ1v) is 9.35. The van der Waals surface area contributed by atoms with Crippen LogP contribution in [0.1, 0.15) is 39.5 Å². The van der Waals surface area contributed by atoms with Crippen LogP contribution < -0.4 is 4.72 Å². The van der Waals surface area contributed by atoms with E-state index in [-0.39, 0.29) is 16.4 Å². The maximum atomic E-state index is 12.5. The van der Waals surface area contributed by atoms with E-state index in [0.29, 0.717) is 9.50 Å². The quantitative estimate of drug-likeness (QED) is 0.847. The van der Waals surface area contributed by atoms with Crippen molar-refractivity contribution in [2.45, 2.75) is 50.5 Å². The molecule has 1 aromatic carbocycles. The van der Waals surface area contributed by atoms with E-state index < -0.39 is 10.0 Å². The Kier molecular flexibility index (Phi) is 4.84. The van der Waals surface area contributed by atoms with E-state index in [1.165, 1.54) is 6.07 Å². The maximum Gasteiger partial charge on any atom is 0.240 e. The molecule has 0 amide bonds. The van der Waals surface area contributed by atoms with Crippen molar-refractivity contribution in [1.82, 2.24) is 4.72 Å². The Morgan fingerprint density at radius 3 is 2.65 bits per heavy atom. The molecule has 2 rings (SSSR count). The molecule has 0 bridgehead atoms. The molecule has 1 unspecified atom stereocenters. The third-order valence-corrected chi connectivity index (χ3v) is 6.69. The molecule has 0 spiro atoms. The Balaban J connectivity index is 2.24. The third kappa shape index (κ3) is 3.56. The van der Waals surface area contributed by atoms with Crippen molar-refractivity contribution in [3.8, 4) is 0 Å². The van der Waals surface area contributed by atoms with Crippen LogP contribution in [0.5, 0.6) is 0 Å². The first-order valence-electron chi connectivity index (χ1n) is 6.70. The number of sulfonamides is 1. The van der Waals surface area contributed by atoms with Crippen LogP contribution in [-0.2, 0) is 10.0 Å². The second-order valence-electron chi connectivity index (χ2n) is 5.98. The van der Waals surface area contributed by atoms with Gasteiger partial charge in [-0.1, -0.05) is 38.3 Å². The second-order valence-corrected chi connectivity index (χ2v) is 8.96. The molecule has 3 nitrogen and oxygen atoms in total. The highest BCUT2D eigenvalue weighted by Crippen LogP contribution is 2.36. The Hall–Kier alpha value is -0.100. The fourth-order valence-electron chi connectivity index (χ4n) is 2.61. The minimum atomic E-state index is -3.51. The third-order valence-electron chi connectivity index (χ3n) is 4.01. The highest BCUT2D eigenvalue weighted by atomic mass is 79.9. The summed E-state index contributed by atoms with van der Waals surface area (Å²) in [5.74, 6) is 0. The van der Waals surface area contributed by atoms with Crippen LogP contribution in [0.2, 0.25) is 5.02 Å². The molecule has 0 aliphatic heterocycles. The van der Waals surface area contributed by atoms with Crippen molar-refractivity contribution >= 4 is 37.6 Å². The van der Waals surface area contributed by atoms with Gasteiger partial charge in [0, 0.05) is 10.5 Å². The van der Waals surface area contributed by atoms with E-state index in [0.717, 1.165) is 25.7 Å². The molecule has 1 aliphatic rings. The van der Waals surface area contributed by atoms with Crippen LogP contribution in [0.3, 0.4) is 0 Å². The average Bonchev–Trinajstić information content (AvgIpc) is 2.35. The summed E-state index contributed by atoms with van der Waals surface area (Å²) < 4.78 is 28.4. The lowest BCUT2D eigenvalue weighted by Gasteiger charge is -2.38. The first kappa shape index (κ1) is 16.3. The summed E-state index contributed by atoms with van der Waals surface area (Å²) >= 11 is 9.17. The lowest BCUT2D eigenvalue weighted by Crippen LogP contribution is -2.46. The van der Waals surface area contributed by atoms with Gasteiger partial charge < -0.3 is 0 Å². The van der Waals surface area contributed by atoms with Crippen molar-refractivity contribution in [2.24, 2.45) is 5.41 Å². The highest BCUT2D eigenvalue weighted by molar-refractivity contribution is 9.10. The zero-order valence-electron chi connectivity index (χ0n) is 11.6. The van der Waals surface area contributed by atoms with Crippen molar-refractivity contribution in [3.63, 3.8) is 0 Å². The molecule has 0 heterocycles. The summed E-state index contributed by atoms with van der Waals surface area (Å²) in [6, 6.07) is 4.65. The molecule has 0 aromatic heterocycles. The minimum absolute atomic E-state index is 0.00498. The molecular weight excluding hydrogens is 362 g/mol. The van der Waals surface area contributed by atoms with Crippen LogP contribution in [0, 0.1) is 5.41 Å². The van der Waals surface area contributed by atoms with E-state index in [1.54, 1.807) is 12.1 Å². The van der Waals surface area contributed by atoms with Gasteiger partial charge in [-0.2, -0.15) is 0 Å². The Labute approximate surface area is 134 Å². The van der Waals surface area contributed by atoms with E-state index in [1.807, 2.05) is 0 Å². The molecule has 1 N–H and O–H groups in total. The van der Waals surface area contributed by atoms with Crippen molar-refractivity contribution < 1.29 is 8.42 Å². The summed E-state index contributed by atoms with van der Waals surface area (Å²) in [6.07, 6.45) is 4.17. The Morgan fingerprint density at radius 2 is 2.05 bits per heavy atom. The second kappa shape index (κ2) is 5.95. The zero-order valence-corrected chi connectivity index (χ0v) is 14.8. The molecule has 1 fully saturated rings. The predicted molar refractivity (Wildman–Crippen MR) is 85.5 cm³/mol. The maximum absolute atomic E-state index is 12.5. The normalized spacial score (nSPS) is 22.7. The van der Waals surface area contributed by atoms with Gasteiger partial charge in [-0.05, 0) is 52.4 Å². The van der Waals surface area contributed by atoms with Crippen molar-refractivity contribution in [3.05, 3.63) is 27.7 Å². The summed E-state index contributed by atoms with van der Waals surface area (Å²) in [7, 11) is -3.51. The van der Waals surface area contributed by atoms with Gasteiger partial charge in [0.05, 0.1) is 9.92 Å². The van der Waals surface area contributed by atoms with Gasteiger partial charge in [0.1, 0.15) is 0 Å². The van der Waals surface area contributed by atoms with Crippen LogP contribution in [0.25, 0.3) is 0 Å². The standard InChI is InChI=1S/C14H19BrClNO2S/c1-14(2)8-4-3-5-13(14)17-20(18,19)10-6-7-12(16)11(15)9-10/h6-7,9,13,17H,3-5,8H2,1-2H3. The topological polar surface area (TPSA) is 46.2 Å². The van der Waals surface area contributed by atoms with Crippen LogP contribution >= 0.6 is 27.5 Å². The van der Waals surface area contributed by atoms with E-state index in [4.69, 9.17) is 11.6 Å². The van der Waals surface area contributed by atoms with Crippen LogP contribution in [-0.4, -0.2) is 14.5 Å². The number of halogens is 2. The van der Waals surface area contributed by atoms with E-state index >= 15 is 0 Å². The molecule has 1 aliphatic carbocycles. The average molecular weight is 381 g/mol. The van der Waals surface area contributed by atoms with Gasteiger partial charge in [-0.25, -0.2) is 13.1 Å². The lowest BCUT2D eigenvalue weighted by molar-refractivity contribution is 0.188. The van der Waals surface area contributed by atoms with Crippen molar-refractivity contribution in [2.75, 3.05) is 0 Å². The largest absolute Gasteiger partial charge is 0.240 e. The first-order chi connectivity index (χ1) is 9.22. The fourth-order valence-corrected chi connectivity index (χ4v) is 4.73. The molecule has 20 heavy (non-hydrogen) atoms. The van der Waals surface area contributed by atoms with Gasteiger partial charge in [0.2, 0.25) is 10.0 Å². The van der Waals surface area contributed by atoms with Gasteiger partial charge in [-0.3, -0.25) is 0 Å². The monoisotopic (exact) mass is 379 g/mol. The number of hydrogen-bond acceptors (Lipinski definition) is 2. The number of nitrogens with one attached hydrogen (secondary N) is 1. The van der Waals surface area contributed by atoms with Crippen molar-refractivity contribution in [1.29, 1.82) is 0 Å². The van der Waals surface area contributed by atoms with Crippen LogP contribution in [0.4, 0.5) is 0 Å². The van der Waals surface area contributed by atoms with Crippen LogP contribution in [0.15, 0.2) is 27.6 Å². The SMILES string of the molecule is CC1(C)CCCCC1NS(=O)(=O)c1ccc(Cl)c(Br)c1. The van der Waals surface area contributed by atoms with Gasteiger partial charge >= 0.3 is 0 Å². The smallest absolute Gasteiger partial charge is 0.208 e. The highest BCUT2D eigenvalue weighted by Gasteiger charge is 2.35. The van der Waals surface area contributed by atoms with E-state index in [9.17, 15) is 8.42 Å². The number of hydrogen-bond donors (Lipinski definition) is 1. The number of benzene rings is 1. The summed E-state index contributed by atoms with van der Waals surface area (Å²) in [4.78, 5) is 0.246. The number of rotatable bonds is 3. The summed E-state index contributed by atoms with van der Waals surface area (Å²) in [6.45, 7) is 4.24.